The van der Waals surface area contributed by atoms with Crippen molar-refractivity contribution in [2.45, 2.75) is 25.2 Å². The molecular formula is C26H28N4O4. The molecule has 0 bridgehead atoms. The lowest BCUT2D eigenvalue weighted by Gasteiger charge is -2.38. The Kier molecular flexibility index (Phi) is 7.16. The van der Waals surface area contributed by atoms with Crippen molar-refractivity contribution in [3.63, 3.8) is 0 Å². The van der Waals surface area contributed by atoms with E-state index in [9.17, 15) is 15.0 Å². The molecule has 34 heavy (non-hydrogen) atoms. The molecule has 8 nitrogen and oxygen atoms in total. The summed E-state index contributed by atoms with van der Waals surface area (Å²) in [5, 5.41) is 22.2. The number of amides is 2. The van der Waals surface area contributed by atoms with Gasteiger partial charge in [0.15, 0.2) is 0 Å². The van der Waals surface area contributed by atoms with Gasteiger partial charge in [-0.25, -0.2) is 9.78 Å². The summed E-state index contributed by atoms with van der Waals surface area (Å²) < 4.78 is 7.61. The maximum atomic E-state index is 11.5. The molecule has 2 atom stereocenters. The fraction of sp³-hybridized carbons (Fsp3) is 0.308. The number of urea groups is 1. The lowest BCUT2D eigenvalue weighted by atomic mass is 10.0. The van der Waals surface area contributed by atoms with E-state index in [1.165, 1.54) is 0 Å². The van der Waals surface area contributed by atoms with Gasteiger partial charge in [-0.2, -0.15) is 0 Å². The first kappa shape index (κ1) is 23.4. The molecule has 2 aromatic carbocycles. The monoisotopic (exact) mass is 460 g/mol. The number of ether oxygens (including phenoxy) is 1. The third-order valence-corrected chi connectivity index (χ3v) is 5.69. The van der Waals surface area contributed by atoms with Crippen LogP contribution >= 0.6 is 0 Å². The van der Waals surface area contributed by atoms with E-state index in [1.807, 2.05) is 48.5 Å². The van der Waals surface area contributed by atoms with Gasteiger partial charge >= 0.3 is 6.03 Å². The van der Waals surface area contributed by atoms with E-state index < -0.39 is 12.1 Å². The number of rotatable bonds is 6. The summed E-state index contributed by atoms with van der Waals surface area (Å²) in [7, 11) is 1.62. The van der Waals surface area contributed by atoms with Crippen molar-refractivity contribution in [1.82, 2.24) is 19.8 Å². The molecule has 0 unspecified atom stereocenters. The Morgan fingerprint density at radius 1 is 1.18 bits per heavy atom. The van der Waals surface area contributed by atoms with Crippen molar-refractivity contribution in [3.05, 3.63) is 72.3 Å². The highest BCUT2D eigenvalue weighted by molar-refractivity contribution is 5.74. The van der Waals surface area contributed by atoms with Gasteiger partial charge in [0.1, 0.15) is 29.8 Å². The fourth-order valence-corrected chi connectivity index (χ4v) is 3.78. The molecule has 2 heterocycles. The number of likely N-dealkylation sites (tertiary alicyclic amines) is 1. The highest BCUT2D eigenvalue weighted by Crippen LogP contribution is 2.25. The minimum Gasteiger partial charge on any atom is -0.487 e. The van der Waals surface area contributed by atoms with Crippen LogP contribution < -0.4 is 10.1 Å². The van der Waals surface area contributed by atoms with Crippen LogP contribution in [-0.4, -0.2) is 63.5 Å². The van der Waals surface area contributed by atoms with Crippen LogP contribution in [0.1, 0.15) is 30.5 Å². The molecule has 3 N–H and O–H groups in total. The first-order valence-electron chi connectivity index (χ1n) is 11.2. The minimum absolute atomic E-state index is 0.0164. The number of aliphatic hydroxyl groups excluding tert-OH is 2. The Morgan fingerprint density at radius 2 is 1.82 bits per heavy atom. The quantitative estimate of drug-likeness (QED) is 0.491. The van der Waals surface area contributed by atoms with Crippen molar-refractivity contribution in [3.8, 4) is 28.7 Å². The number of benzene rings is 2. The van der Waals surface area contributed by atoms with Gasteiger partial charge in [-0.1, -0.05) is 36.1 Å². The zero-order chi connectivity index (χ0) is 24.1. The van der Waals surface area contributed by atoms with Gasteiger partial charge < -0.3 is 29.7 Å². The molecule has 0 aliphatic carbocycles. The van der Waals surface area contributed by atoms with E-state index in [4.69, 9.17) is 4.74 Å². The Balaban J connectivity index is 1.37. The summed E-state index contributed by atoms with van der Waals surface area (Å²) in [5.41, 5.74) is 2.93. The molecule has 1 aliphatic heterocycles. The lowest BCUT2D eigenvalue weighted by molar-refractivity contribution is 0.0451. The van der Waals surface area contributed by atoms with Crippen LogP contribution in [0.5, 0.6) is 5.75 Å². The van der Waals surface area contributed by atoms with Gasteiger partial charge in [0.25, 0.3) is 0 Å². The van der Waals surface area contributed by atoms with Crippen LogP contribution in [0.4, 0.5) is 4.79 Å². The van der Waals surface area contributed by atoms with E-state index >= 15 is 0 Å². The molecule has 0 radical (unpaired) electrons. The number of imidazole rings is 1. The van der Waals surface area contributed by atoms with E-state index in [2.05, 4.69) is 22.1 Å². The molecule has 1 fully saturated rings. The maximum Gasteiger partial charge on any atom is 0.317 e. The SMILES string of the molecule is CNC(=O)N1CC(Oc2ccc(-c3ccc(C#C[C@@H](CO)n4ccnc4[C@H](C)O)cc3)cc2)C1. The summed E-state index contributed by atoms with van der Waals surface area (Å²) in [5.74, 6) is 7.40. The van der Waals surface area contributed by atoms with Crippen molar-refractivity contribution in [1.29, 1.82) is 0 Å². The van der Waals surface area contributed by atoms with Gasteiger partial charge in [-0.15, -0.1) is 0 Å². The molecule has 1 aliphatic rings. The molecule has 0 spiro atoms. The van der Waals surface area contributed by atoms with Crippen molar-refractivity contribution >= 4 is 6.03 Å². The molecule has 1 aromatic heterocycles. The Hall–Kier alpha value is -3.80. The average molecular weight is 461 g/mol. The second-order valence-electron chi connectivity index (χ2n) is 8.14. The number of nitrogens with zero attached hydrogens (tertiary/aromatic N) is 3. The molecule has 176 valence electrons. The highest BCUT2D eigenvalue weighted by atomic mass is 16.5. The molecule has 8 heteroatoms. The standard InChI is InChI=1S/C26H28N4O4/c1-18(32)25-28-13-14-30(25)22(17-31)10-5-19-3-6-20(7-4-19)21-8-11-23(12-9-21)34-24-15-29(16-24)26(33)27-2/h3-4,6-9,11-14,18,22,24,31-32H,15-17H2,1-2H3,(H,27,33)/t18-,22-/m0/s1. The van der Waals surface area contributed by atoms with E-state index in [0.29, 0.717) is 18.9 Å². The number of aromatic nitrogens is 2. The first-order chi connectivity index (χ1) is 16.5. The van der Waals surface area contributed by atoms with Crippen molar-refractivity contribution in [2.24, 2.45) is 0 Å². The van der Waals surface area contributed by atoms with Gasteiger partial charge in [0.2, 0.25) is 0 Å². The molecular weight excluding hydrogens is 432 g/mol. The lowest BCUT2D eigenvalue weighted by Crippen LogP contribution is -2.58. The third-order valence-electron chi connectivity index (χ3n) is 5.69. The molecule has 3 aromatic rings. The molecule has 2 amide bonds. The van der Waals surface area contributed by atoms with E-state index in [0.717, 1.165) is 22.4 Å². The van der Waals surface area contributed by atoms with E-state index in [-0.39, 0.29) is 18.7 Å². The number of hydrogen-bond acceptors (Lipinski definition) is 5. The number of aliphatic hydroxyl groups is 2. The van der Waals surface area contributed by atoms with Crippen LogP contribution in [0, 0.1) is 11.8 Å². The molecule has 4 rings (SSSR count). The zero-order valence-electron chi connectivity index (χ0n) is 19.2. The smallest absolute Gasteiger partial charge is 0.317 e. The van der Waals surface area contributed by atoms with Gasteiger partial charge in [-0.05, 0) is 42.3 Å². The van der Waals surface area contributed by atoms with E-state index in [1.54, 1.807) is 35.8 Å². The highest BCUT2D eigenvalue weighted by Gasteiger charge is 2.31. The second-order valence-corrected chi connectivity index (χ2v) is 8.14. The topological polar surface area (TPSA) is 99.9 Å². The Morgan fingerprint density at radius 3 is 2.41 bits per heavy atom. The second kappa shape index (κ2) is 10.4. The van der Waals surface area contributed by atoms with Gasteiger partial charge in [0.05, 0.1) is 19.7 Å². The van der Waals surface area contributed by atoms with Gasteiger partial charge in [-0.3, -0.25) is 0 Å². The largest absolute Gasteiger partial charge is 0.487 e. The van der Waals surface area contributed by atoms with Gasteiger partial charge in [0, 0.05) is 25.0 Å². The predicted octanol–water partition coefficient (Wildman–Crippen LogP) is 2.59. The summed E-state index contributed by atoms with van der Waals surface area (Å²) in [4.78, 5) is 17.4. The van der Waals surface area contributed by atoms with Crippen LogP contribution in [0.2, 0.25) is 0 Å². The third kappa shape index (κ3) is 5.22. The first-order valence-corrected chi connectivity index (χ1v) is 11.2. The van der Waals surface area contributed by atoms with Crippen LogP contribution in [0.15, 0.2) is 60.9 Å². The number of carbonyl (C=O) groups is 1. The average Bonchev–Trinajstić information content (AvgIpc) is 3.32. The summed E-state index contributed by atoms with van der Waals surface area (Å²) in [6.45, 7) is 2.62. The Labute approximate surface area is 198 Å². The Bertz CT molecular complexity index is 1170. The fourth-order valence-electron chi connectivity index (χ4n) is 3.78. The molecule has 0 saturated carbocycles. The van der Waals surface area contributed by atoms with Crippen molar-refractivity contribution < 1.29 is 19.7 Å². The number of nitrogens with one attached hydrogen (secondary N) is 1. The zero-order valence-corrected chi connectivity index (χ0v) is 19.2. The van der Waals surface area contributed by atoms with Crippen molar-refractivity contribution in [2.75, 3.05) is 26.7 Å². The van der Waals surface area contributed by atoms with Crippen LogP contribution in [-0.2, 0) is 0 Å². The summed E-state index contributed by atoms with van der Waals surface area (Å²) >= 11 is 0. The summed E-state index contributed by atoms with van der Waals surface area (Å²) in [6, 6.07) is 15.2. The number of hydrogen-bond donors (Lipinski definition) is 3. The molecule has 1 saturated heterocycles. The summed E-state index contributed by atoms with van der Waals surface area (Å²) in [6.07, 6.45) is 2.57. The predicted molar refractivity (Wildman–Crippen MR) is 128 cm³/mol. The normalized spacial score (nSPS) is 15.0. The maximum absolute atomic E-state index is 11.5. The van der Waals surface area contributed by atoms with Crippen LogP contribution in [0.25, 0.3) is 11.1 Å². The number of carbonyl (C=O) groups excluding carboxylic acids is 1. The minimum atomic E-state index is -0.743. The van der Waals surface area contributed by atoms with Crippen LogP contribution in [0.3, 0.4) is 0 Å².